The quantitative estimate of drug-likeness (QED) is 0.312. The zero-order chi connectivity index (χ0) is 10.1. The van der Waals surface area contributed by atoms with Crippen LogP contribution in [0.15, 0.2) is 4.99 Å². The first kappa shape index (κ1) is 12.2. The third kappa shape index (κ3) is 6.36. The Bertz CT molecular complexity index is 149. The molecule has 13 heavy (non-hydrogen) atoms. The molecule has 4 N–H and O–H groups in total. The highest BCUT2D eigenvalue weighted by atomic mass is 16.5. The van der Waals surface area contributed by atoms with Gasteiger partial charge in [0.2, 0.25) is 5.96 Å². The fourth-order valence-corrected chi connectivity index (χ4v) is 1.09. The van der Waals surface area contributed by atoms with E-state index in [1.807, 2.05) is 0 Å². The topological polar surface area (TPSA) is 73.9 Å². The molecular formula is C8H20N4O. The number of nitrogens with one attached hydrogen (secondary N) is 1. The van der Waals surface area contributed by atoms with Crippen LogP contribution in [0.25, 0.3) is 0 Å². The molecule has 0 aromatic heterocycles. The Morgan fingerprint density at radius 2 is 2.15 bits per heavy atom. The zero-order valence-electron chi connectivity index (χ0n) is 8.45. The average Bonchev–Trinajstić information content (AvgIpc) is 2.16. The van der Waals surface area contributed by atoms with Crippen LogP contribution in [0.3, 0.4) is 0 Å². The van der Waals surface area contributed by atoms with Gasteiger partial charge in [-0.3, -0.25) is 10.2 Å². The molecule has 0 amide bonds. The van der Waals surface area contributed by atoms with Gasteiger partial charge in [-0.2, -0.15) is 0 Å². The van der Waals surface area contributed by atoms with Crippen LogP contribution in [-0.2, 0) is 0 Å². The van der Waals surface area contributed by atoms with Crippen LogP contribution in [0.4, 0.5) is 0 Å². The van der Waals surface area contributed by atoms with E-state index in [0.717, 1.165) is 26.1 Å². The van der Waals surface area contributed by atoms with Gasteiger partial charge in [-0.25, -0.2) is 5.48 Å². The van der Waals surface area contributed by atoms with Crippen molar-refractivity contribution >= 4 is 5.96 Å². The van der Waals surface area contributed by atoms with Crippen molar-refractivity contribution in [2.24, 2.45) is 10.7 Å². The molecule has 0 radical (unpaired) electrons. The Labute approximate surface area is 79.6 Å². The van der Waals surface area contributed by atoms with Crippen molar-refractivity contribution in [3.8, 4) is 0 Å². The molecule has 0 saturated heterocycles. The molecule has 0 fully saturated rings. The summed E-state index contributed by atoms with van der Waals surface area (Å²) >= 11 is 0. The maximum atomic E-state index is 8.34. The van der Waals surface area contributed by atoms with E-state index in [-0.39, 0.29) is 5.96 Å². The molecule has 78 valence electrons. The second-order valence-corrected chi connectivity index (χ2v) is 2.81. The molecule has 0 aliphatic rings. The second kappa shape index (κ2) is 7.82. The second-order valence-electron chi connectivity index (χ2n) is 2.81. The lowest BCUT2D eigenvalue weighted by Crippen LogP contribution is -2.31. The number of hydrogen-bond acceptors (Lipinski definition) is 3. The van der Waals surface area contributed by atoms with E-state index in [4.69, 9.17) is 10.9 Å². The standard InChI is InChI=1S/C8H20N4O/c1-3-6-12(4-2)7-5-10-8(9)11-13/h13H,3-7H2,1-2H3,(H3,9,10,11). The number of nitrogens with zero attached hydrogens (tertiary/aromatic N) is 2. The number of hydroxylamine groups is 1. The summed E-state index contributed by atoms with van der Waals surface area (Å²) in [6.45, 7) is 7.87. The monoisotopic (exact) mass is 188 g/mol. The molecule has 0 aliphatic carbocycles. The molecule has 0 atom stereocenters. The molecule has 5 nitrogen and oxygen atoms in total. The lowest BCUT2D eigenvalue weighted by atomic mass is 10.4. The fraction of sp³-hybridized carbons (Fsp3) is 0.875. The Morgan fingerprint density at radius 3 is 2.62 bits per heavy atom. The average molecular weight is 188 g/mol. The molecule has 0 aromatic carbocycles. The Hall–Kier alpha value is -0.810. The van der Waals surface area contributed by atoms with Crippen molar-refractivity contribution in [3.05, 3.63) is 0 Å². The molecule has 0 aliphatic heterocycles. The molecule has 0 bridgehead atoms. The molecule has 0 aromatic rings. The number of guanidine groups is 1. The van der Waals surface area contributed by atoms with Crippen molar-refractivity contribution in [1.29, 1.82) is 0 Å². The number of hydrogen-bond donors (Lipinski definition) is 3. The summed E-state index contributed by atoms with van der Waals surface area (Å²) in [4.78, 5) is 6.19. The van der Waals surface area contributed by atoms with E-state index in [2.05, 4.69) is 23.7 Å². The lowest BCUT2D eigenvalue weighted by molar-refractivity contribution is 0.232. The van der Waals surface area contributed by atoms with Gasteiger partial charge in [0, 0.05) is 6.54 Å². The first-order valence-corrected chi connectivity index (χ1v) is 4.67. The molecular weight excluding hydrogens is 168 g/mol. The van der Waals surface area contributed by atoms with Crippen molar-refractivity contribution in [3.63, 3.8) is 0 Å². The zero-order valence-corrected chi connectivity index (χ0v) is 8.45. The highest BCUT2D eigenvalue weighted by Crippen LogP contribution is 1.90. The Kier molecular flexibility index (Phi) is 7.33. The van der Waals surface area contributed by atoms with E-state index in [1.54, 1.807) is 5.48 Å². The predicted molar refractivity (Wildman–Crippen MR) is 53.8 cm³/mol. The van der Waals surface area contributed by atoms with Crippen LogP contribution in [0.5, 0.6) is 0 Å². The van der Waals surface area contributed by atoms with Crippen LogP contribution in [0.1, 0.15) is 20.3 Å². The summed E-state index contributed by atoms with van der Waals surface area (Å²) in [5, 5.41) is 8.34. The molecule has 0 heterocycles. The third-order valence-corrected chi connectivity index (χ3v) is 1.80. The van der Waals surface area contributed by atoms with Gasteiger partial charge < -0.3 is 10.6 Å². The molecule has 0 saturated carbocycles. The number of rotatable bonds is 6. The predicted octanol–water partition coefficient (Wildman–Crippen LogP) is 0.0118. The first-order chi connectivity index (χ1) is 6.24. The van der Waals surface area contributed by atoms with Crippen molar-refractivity contribution in [1.82, 2.24) is 10.4 Å². The van der Waals surface area contributed by atoms with Gasteiger partial charge in [0.25, 0.3) is 0 Å². The molecule has 0 spiro atoms. The fourth-order valence-electron chi connectivity index (χ4n) is 1.09. The SMILES string of the molecule is CCCN(CC)CCN=C(N)NO. The number of likely N-dealkylation sites (N-methyl/N-ethyl adjacent to an activating group) is 1. The minimum atomic E-state index is 0.0764. The number of aliphatic imine (C=N–C) groups is 1. The van der Waals surface area contributed by atoms with Crippen LogP contribution in [0, 0.1) is 0 Å². The minimum absolute atomic E-state index is 0.0764. The smallest absolute Gasteiger partial charge is 0.212 e. The maximum absolute atomic E-state index is 8.34. The van der Waals surface area contributed by atoms with Gasteiger partial charge in [-0.15, -0.1) is 0 Å². The highest BCUT2D eigenvalue weighted by Gasteiger charge is 1.98. The summed E-state index contributed by atoms with van der Waals surface area (Å²) in [6, 6.07) is 0. The van der Waals surface area contributed by atoms with E-state index in [0.29, 0.717) is 6.54 Å². The van der Waals surface area contributed by atoms with Gasteiger partial charge >= 0.3 is 0 Å². The first-order valence-electron chi connectivity index (χ1n) is 4.67. The summed E-state index contributed by atoms with van der Waals surface area (Å²) < 4.78 is 0. The molecule has 0 unspecified atom stereocenters. The van der Waals surface area contributed by atoms with E-state index >= 15 is 0 Å². The minimum Gasteiger partial charge on any atom is -0.368 e. The van der Waals surface area contributed by atoms with Gasteiger partial charge in [0.15, 0.2) is 0 Å². The summed E-state index contributed by atoms with van der Waals surface area (Å²) in [7, 11) is 0. The van der Waals surface area contributed by atoms with Gasteiger partial charge in [-0.1, -0.05) is 13.8 Å². The van der Waals surface area contributed by atoms with Gasteiger partial charge in [0.05, 0.1) is 6.54 Å². The van der Waals surface area contributed by atoms with E-state index in [1.165, 1.54) is 0 Å². The van der Waals surface area contributed by atoms with E-state index in [9.17, 15) is 0 Å². The van der Waals surface area contributed by atoms with Crippen LogP contribution in [0.2, 0.25) is 0 Å². The van der Waals surface area contributed by atoms with Crippen molar-refractivity contribution in [2.75, 3.05) is 26.2 Å². The third-order valence-electron chi connectivity index (χ3n) is 1.80. The van der Waals surface area contributed by atoms with Crippen LogP contribution < -0.4 is 11.2 Å². The van der Waals surface area contributed by atoms with E-state index < -0.39 is 0 Å². The summed E-state index contributed by atoms with van der Waals surface area (Å²) in [5.74, 6) is 0.0764. The largest absolute Gasteiger partial charge is 0.368 e. The molecule has 5 heteroatoms. The maximum Gasteiger partial charge on any atom is 0.212 e. The number of nitrogens with two attached hydrogens (primary N) is 1. The summed E-state index contributed by atoms with van der Waals surface area (Å²) in [5.41, 5.74) is 7.04. The summed E-state index contributed by atoms with van der Waals surface area (Å²) in [6.07, 6.45) is 1.14. The van der Waals surface area contributed by atoms with Gasteiger partial charge in [-0.05, 0) is 19.5 Å². The lowest BCUT2D eigenvalue weighted by Gasteiger charge is -2.17. The van der Waals surface area contributed by atoms with Crippen LogP contribution in [-0.4, -0.2) is 42.2 Å². The van der Waals surface area contributed by atoms with Crippen LogP contribution >= 0.6 is 0 Å². The van der Waals surface area contributed by atoms with Crippen molar-refractivity contribution < 1.29 is 5.21 Å². The Balaban J connectivity index is 3.59. The van der Waals surface area contributed by atoms with Crippen molar-refractivity contribution in [2.45, 2.75) is 20.3 Å². The highest BCUT2D eigenvalue weighted by molar-refractivity contribution is 5.76. The molecule has 0 rings (SSSR count). The normalized spacial score (nSPS) is 12.2. The Morgan fingerprint density at radius 1 is 1.46 bits per heavy atom. The van der Waals surface area contributed by atoms with Gasteiger partial charge in [0.1, 0.15) is 0 Å².